The van der Waals surface area contributed by atoms with E-state index in [-0.39, 0.29) is 18.2 Å². The Balaban J connectivity index is 1.54. The minimum absolute atomic E-state index is 0.00689. The van der Waals surface area contributed by atoms with Gasteiger partial charge in [0.2, 0.25) is 5.91 Å². The summed E-state index contributed by atoms with van der Waals surface area (Å²) in [6.45, 7) is 0.479. The van der Waals surface area contributed by atoms with Crippen LogP contribution < -0.4 is 15.0 Å². The van der Waals surface area contributed by atoms with E-state index in [2.05, 4.69) is 5.32 Å². The van der Waals surface area contributed by atoms with E-state index in [9.17, 15) is 9.59 Å². The Morgan fingerprint density at radius 1 is 1.24 bits per heavy atom. The third-order valence-corrected chi connectivity index (χ3v) is 4.33. The molecular formula is C19H19ClN2O3. The molecule has 130 valence electrons. The molecule has 1 aliphatic heterocycles. The Morgan fingerprint density at radius 3 is 2.84 bits per heavy atom. The van der Waals surface area contributed by atoms with Gasteiger partial charge in [-0.05, 0) is 36.2 Å². The highest BCUT2D eigenvalue weighted by Gasteiger charge is 2.33. The van der Waals surface area contributed by atoms with E-state index in [1.807, 2.05) is 42.5 Å². The molecule has 1 aliphatic rings. The Labute approximate surface area is 151 Å². The quantitative estimate of drug-likeness (QED) is 0.894. The fourth-order valence-electron chi connectivity index (χ4n) is 2.78. The van der Waals surface area contributed by atoms with Gasteiger partial charge in [0.15, 0.2) is 6.10 Å². The molecule has 5 nitrogen and oxygen atoms in total. The summed E-state index contributed by atoms with van der Waals surface area (Å²) < 4.78 is 5.70. The number of halogens is 1. The number of para-hydroxylation sites is 2. The van der Waals surface area contributed by atoms with Gasteiger partial charge in [0.1, 0.15) is 5.75 Å². The monoisotopic (exact) mass is 358 g/mol. The fraction of sp³-hybridized carbons (Fsp3) is 0.263. The first-order valence-corrected chi connectivity index (χ1v) is 8.47. The molecule has 1 atom stereocenters. The number of anilines is 1. The predicted molar refractivity (Wildman–Crippen MR) is 97.1 cm³/mol. The number of nitrogens with zero attached hydrogens (tertiary/aromatic N) is 1. The number of benzene rings is 2. The highest BCUT2D eigenvalue weighted by Crippen LogP contribution is 2.33. The van der Waals surface area contributed by atoms with Gasteiger partial charge in [-0.2, -0.15) is 0 Å². The van der Waals surface area contributed by atoms with Gasteiger partial charge in [0, 0.05) is 18.6 Å². The van der Waals surface area contributed by atoms with Gasteiger partial charge in [-0.3, -0.25) is 9.59 Å². The van der Waals surface area contributed by atoms with Crippen LogP contribution >= 0.6 is 11.6 Å². The zero-order valence-electron chi connectivity index (χ0n) is 13.9. The molecule has 0 saturated heterocycles. The molecule has 0 spiro atoms. The molecule has 1 N–H and O–H groups in total. The van der Waals surface area contributed by atoms with Crippen LogP contribution in [0, 0.1) is 0 Å². The summed E-state index contributed by atoms with van der Waals surface area (Å²) in [5, 5.41) is 3.50. The topological polar surface area (TPSA) is 58.6 Å². The molecule has 0 aromatic heterocycles. The van der Waals surface area contributed by atoms with E-state index >= 15 is 0 Å². The van der Waals surface area contributed by atoms with Crippen LogP contribution in [0.1, 0.15) is 12.0 Å². The number of rotatable bonds is 5. The van der Waals surface area contributed by atoms with Gasteiger partial charge in [0.05, 0.1) is 12.1 Å². The van der Waals surface area contributed by atoms with Crippen LogP contribution in [-0.2, 0) is 16.0 Å². The summed E-state index contributed by atoms with van der Waals surface area (Å²) in [4.78, 5) is 26.0. The summed E-state index contributed by atoms with van der Waals surface area (Å²) in [5.74, 6) is 0.179. The highest BCUT2D eigenvalue weighted by molar-refractivity contribution is 6.30. The average Bonchev–Trinajstić information content (AvgIpc) is 2.59. The van der Waals surface area contributed by atoms with Crippen molar-refractivity contribution in [2.75, 3.05) is 18.5 Å². The number of carbonyl (C=O) groups excluding carboxylic acids is 2. The molecule has 0 saturated carbocycles. The lowest BCUT2D eigenvalue weighted by Gasteiger charge is -2.31. The first-order valence-electron chi connectivity index (χ1n) is 8.09. The largest absolute Gasteiger partial charge is 0.478 e. The normalized spacial score (nSPS) is 16.2. The van der Waals surface area contributed by atoms with Crippen molar-refractivity contribution in [3.8, 4) is 5.75 Å². The molecular weight excluding hydrogens is 340 g/mol. The molecule has 0 aliphatic carbocycles. The third kappa shape index (κ3) is 4.12. The van der Waals surface area contributed by atoms with Crippen molar-refractivity contribution in [2.45, 2.75) is 18.9 Å². The third-order valence-electron chi connectivity index (χ3n) is 4.10. The summed E-state index contributed by atoms with van der Waals surface area (Å²) >= 11 is 5.94. The number of hydrogen-bond acceptors (Lipinski definition) is 3. The van der Waals surface area contributed by atoms with E-state index in [0.29, 0.717) is 29.4 Å². The molecule has 1 heterocycles. The maximum absolute atomic E-state index is 12.4. The summed E-state index contributed by atoms with van der Waals surface area (Å²) in [7, 11) is 1.69. The molecule has 0 bridgehead atoms. The van der Waals surface area contributed by atoms with Crippen LogP contribution in [0.5, 0.6) is 5.75 Å². The van der Waals surface area contributed by atoms with Crippen LogP contribution in [0.2, 0.25) is 5.02 Å². The van der Waals surface area contributed by atoms with Crippen LogP contribution in [0.3, 0.4) is 0 Å². The van der Waals surface area contributed by atoms with Crippen molar-refractivity contribution >= 4 is 29.1 Å². The molecule has 3 rings (SSSR count). The van der Waals surface area contributed by atoms with E-state index in [0.717, 1.165) is 5.56 Å². The fourth-order valence-corrected chi connectivity index (χ4v) is 2.99. The maximum Gasteiger partial charge on any atom is 0.268 e. The SMILES string of the molecule is CN1C(=O)C(CC(=O)NCCc2cccc(Cl)c2)Oc2ccccc21. The maximum atomic E-state index is 12.4. The minimum atomic E-state index is -0.800. The van der Waals surface area contributed by atoms with Crippen LogP contribution in [0.4, 0.5) is 5.69 Å². The van der Waals surface area contributed by atoms with Crippen molar-refractivity contribution in [3.63, 3.8) is 0 Å². The van der Waals surface area contributed by atoms with E-state index in [1.54, 1.807) is 13.1 Å². The zero-order valence-corrected chi connectivity index (χ0v) is 14.6. The Hall–Kier alpha value is -2.53. The van der Waals surface area contributed by atoms with Crippen LogP contribution in [-0.4, -0.2) is 31.5 Å². The predicted octanol–water partition coefficient (Wildman–Crippen LogP) is 2.81. The number of nitrogens with one attached hydrogen (secondary N) is 1. The van der Waals surface area contributed by atoms with Crippen LogP contribution in [0.15, 0.2) is 48.5 Å². The first kappa shape index (κ1) is 17.3. The average molecular weight is 359 g/mol. The molecule has 25 heavy (non-hydrogen) atoms. The zero-order chi connectivity index (χ0) is 17.8. The Kier molecular flexibility index (Phi) is 5.24. The van der Waals surface area contributed by atoms with Crippen LogP contribution in [0.25, 0.3) is 0 Å². The molecule has 0 radical (unpaired) electrons. The Morgan fingerprint density at radius 2 is 2.04 bits per heavy atom. The van der Waals surface area contributed by atoms with E-state index in [4.69, 9.17) is 16.3 Å². The molecule has 6 heteroatoms. The molecule has 0 fully saturated rings. The van der Waals surface area contributed by atoms with Crippen molar-refractivity contribution in [1.29, 1.82) is 0 Å². The second-order valence-electron chi connectivity index (χ2n) is 5.91. The number of ether oxygens (including phenoxy) is 1. The lowest BCUT2D eigenvalue weighted by Crippen LogP contribution is -2.46. The van der Waals surface area contributed by atoms with Gasteiger partial charge in [0.25, 0.3) is 5.91 Å². The highest BCUT2D eigenvalue weighted by atomic mass is 35.5. The minimum Gasteiger partial charge on any atom is -0.478 e. The lowest BCUT2D eigenvalue weighted by atomic mass is 10.1. The summed E-state index contributed by atoms with van der Waals surface area (Å²) in [6, 6.07) is 14.8. The molecule has 1 unspecified atom stereocenters. The first-order chi connectivity index (χ1) is 12.0. The number of fused-ring (bicyclic) bond motifs is 1. The van der Waals surface area contributed by atoms with Gasteiger partial charge in [-0.15, -0.1) is 0 Å². The van der Waals surface area contributed by atoms with Gasteiger partial charge in [-0.1, -0.05) is 35.9 Å². The summed E-state index contributed by atoms with van der Waals surface area (Å²) in [5.41, 5.74) is 1.76. The number of hydrogen-bond donors (Lipinski definition) is 1. The second kappa shape index (κ2) is 7.57. The molecule has 2 aromatic rings. The second-order valence-corrected chi connectivity index (χ2v) is 6.34. The van der Waals surface area contributed by atoms with Gasteiger partial charge in [-0.25, -0.2) is 0 Å². The molecule has 2 amide bonds. The van der Waals surface area contributed by atoms with E-state index in [1.165, 1.54) is 4.90 Å². The van der Waals surface area contributed by atoms with Crippen molar-refractivity contribution < 1.29 is 14.3 Å². The Bertz CT molecular complexity index is 794. The number of amides is 2. The molecule has 2 aromatic carbocycles. The lowest BCUT2D eigenvalue weighted by molar-refractivity contribution is -0.132. The van der Waals surface area contributed by atoms with Crippen molar-refractivity contribution in [3.05, 3.63) is 59.1 Å². The summed E-state index contributed by atoms with van der Waals surface area (Å²) in [6.07, 6.45) is -0.132. The number of carbonyl (C=O) groups is 2. The van der Waals surface area contributed by atoms with Crippen molar-refractivity contribution in [2.24, 2.45) is 0 Å². The van der Waals surface area contributed by atoms with Gasteiger partial charge < -0.3 is 15.0 Å². The van der Waals surface area contributed by atoms with Crippen molar-refractivity contribution in [1.82, 2.24) is 5.32 Å². The number of likely N-dealkylation sites (N-methyl/N-ethyl adjacent to an activating group) is 1. The van der Waals surface area contributed by atoms with Gasteiger partial charge >= 0.3 is 0 Å². The van der Waals surface area contributed by atoms with E-state index < -0.39 is 6.10 Å². The smallest absolute Gasteiger partial charge is 0.268 e. The standard InChI is InChI=1S/C19H19ClN2O3/c1-22-15-7-2-3-8-16(15)25-17(19(22)24)12-18(23)21-10-9-13-5-4-6-14(20)11-13/h2-8,11,17H,9-10,12H2,1H3,(H,21,23).